The number of rotatable bonds is 41. The Morgan fingerprint density at radius 3 is 1.46 bits per heavy atom. The summed E-state index contributed by atoms with van der Waals surface area (Å²) in [6, 6.07) is -1.18. The lowest BCUT2D eigenvalue weighted by molar-refractivity contribution is -0.303. The third-order valence-electron chi connectivity index (χ3n) is 12.1. The number of aliphatic hydroxyl groups excluding tert-OH is 7. The van der Waals surface area contributed by atoms with Gasteiger partial charge in [-0.3, -0.25) is 4.79 Å². The van der Waals surface area contributed by atoms with Crippen molar-refractivity contribution in [1.29, 1.82) is 0 Å². The van der Waals surface area contributed by atoms with Crippen LogP contribution in [0.4, 0.5) is 0 Å². The van der Waals surface area contributed by atoms with Crippen LogP contribution in [0.2, 0.25) is 0 Å². The van der Waals surface area contributed by atoms with Crippen LogP contribution in [0.3, 0.4) is 0 Å². The van der Waals surface area contributed by atoms with E-state index >= 15 is 0 Å². The monoisotopic (exact) mass is 844 g/mol. The molecule has 8 N–H and O–H groups in total. The fourth-order valence-corrected chi connectivity index (χ4v) is 7.97. The van der Waals surface area contributed by atoms with Gasteiger partial charge in [-0.1, -0.05) is 193 Å². The van der Waals surface area contributed by atoms with Gasteiger partial charge in [0.2, 0.25) is 5.91 Å². The van der Waals surface area contributed by atoms with Crippen molar-refractivity contribution in [3.05, 3.63) is 12.2 Å². The maximum atomic E-state index is 13.1. The molecule has 2 unspecified atom stereocenters. The molecule has 0 radical (unpaired) electrons. The molecule has 59 heavy (non-hydrogen) atoms. The average molecular weight is 844 g/mol. The summed E-state index contributed by atoms with van der Waals surface area (Å²) in [7, 11) is 0. The largest absolute Gasteiger partial charge is 0.394 e. The van der Waals surface area contributed by atoms with Crippen LogP contribution in [-0.4, -0.2) is 110 Å². The molecule has 1 aliphatic heterocycles. The summed E-state index contributed by atoms with van der Waals surface area (Å²) in [6.07, 6.45) is 29.8. The van der Waals surface area contributed by atoms with Crippen molar-refractivity contribution in [3.63, 3.8) is 0 Å². The van der Waals surface area contributed by atoms with Crippen LogP contribution in [0.15, 0.2) is 12.2 Å². The summed E-state index contributed by atoms with van der Waals surface area (Å²) < 4.78 is 11.1. The molecule has 0 aromatic carbocycles. The fraction of sp³-hybridized carbons (Fsp3) is 0.938. The van der Waals surface area contributed by atoms with Crippen LogP contribution in [-0.2, 0) is 14.3 Å². The standard InChI is InChI=1S/C48H93NO10/c1-3-5-7-9-11-13-15-17-18-19-20-21-22-23-24-26-28-30-32-34-36-41(52)47(57)49-39(38-58-48-46(56)45(55)44(54)42(37-50)59-48)43(53)40(51)35-33-31-29-27-25-16-14-12-10-8-6-4-2/h27,29,39-46,48,50-56H,3-26,28,30-38H2,1-2H3,(H,49,57)/b29-27-/t39-,40+,41+,42+,43-,44+,45?,46?,48+/m0/s1. The molecule has 0 saturated carbocycles. The second kappa shape index (κ2) is 38.5. The molecule has 1 amide bonds. The highest BCUT2D eigenvalue weighted by Crippen LogP contribution is 2.23. The SMILES string of the molecule is CCCCCCCCC/C=C\CCC[C@@H](O)[C@@H](O)[C@H](CO[C@@H]1O[C@H](CO)[C@@H](O)C(O)C1O)NC(=O)[C@H](O)CCCCCCCCCCCCCCCCCCCCCC. The van der Waals surface area contributed by atoms with Crippen LogP contribution in [0, 0.1) is 0 Å². The van der Waals surface area contributed by atoms with Crippen molar-refractivity contribution >= 4 is 5.91 Å². The molecule has 350 valence electrons. The number of carbonyl (C=O) groups is 1. The Bertz CT molecular complexity index is 970. The lowest BCUT2D eigenvalue weighted by Crippen LogP contribution is -2.60. The van der Waals surface area contributed by atoms with E-state index < -0.39 is 74.2 Å². The number of unbranched alkanes of at least 4 members (excludes halogenated alkanes) is 27. The molecule has 9 atom stereocenters. The number of aliphatic hydroxyl groups is 7. The zero-order valence-corrected chi connectivity index (χ0v) is 37.7. The maximum Gasteiger partial charge on any atom is 0.249 e. The number of ether oxygens (including phenoxy) is 2. The summed E-state index contributed by atoms with van der Waals surface area (Å²) in [4.78, 5) is 13.1. The third-order valence-corrected chi connectivity index (χ3v) is 12.1. The number of hydrogen-bond donors (Lipinski definition) is 8. The van der Waals surface area contributed by atoms with Crippen molar-refractivity contribution in [1.82, 2.24) is 5.32 Å². The van der Waals surface area contributed by atoms with Crippen molar-refractivity contribution in [2.75, 3.05) is 13.2 Å². The van der Waals surface area contributed by atoms with Crippen molar-refractivity contribution in [2.24, 2.45) is 0 Å². The summed E-state index contributed by atoms with van der Waals surface area (Å²) in [5, 5.41) is 75.6. The molecule has 1 rings (SSSR count). The van der Waals surface area contributed by atoms with Crippen LogP contribution >= 0.6 is 0 Å². The van der Waals surface area contributed by atoms with Gasteiger partial charge < -0.3 is 50.5 Å². The number of carbonyl (C=O) groups excluding carboxylic acids is 1. The van der Waals surface area contributed by atoms with Gasteiger partial charge in [-0.25, -0.2) is 0 Å². The smallest absolute Gasteiger partial charge is 0.249 e. The Labute approximate surface area is 360 Å². The second-order valence-corrected chi connectivity index (χ2v) is 17.5. The van der Waals surface area contributed by atoms with E-state index in [0.717, 1.165) is 38.5 Å². The lowest BCUT2D eigenvalue weighted by Gasteiger charge is -2.40. The molecule has 1 fully saturated rings. The molecular formula is C48H93NO10. The summed E-state index contributed by atoms with van der Waals surface area (Å²) in [5.41, 5.74) is 0. The molecule has 1 aliphatic rings. The topological polar surface area (TPSA) is 189 Å². The molecular weight excluding hydrogens is 751 g/mol. The van der Waals surface area contributed by atoms with Gasteiger partial charge in [0.05, 0.1) is 25.4 Å². The predicted octanol–water partition coefficient (Wildman–Crippen LogP) is 8.45. The van der Waals surface area contributed by atoms with E-state index in [1.54, 1.807) is 0 Å². The van der Waals surface area contributed by atoms with Gasteiger partial charge in [0.25, 0.3) is 0 Å². The van der Waals surface area contributed by atoms with Gasteiger partial charge in [0.15, 0.2) is 6.29 Å². The zero-order valence-electron chi connectivity index (χ0n) is 37.7. The highest BCUT2D eigenvalue weighted by Gasteiger charge is 2.44. The first-order valence-corrected chi connectivity index (χ1v) is 24.6. The first-order valence-electron chi connectivity index (χ1n) is 24.6. The van der Waals surface area contributed by atoms with Crippen molar-refractivity contribution in [2.45, 2.75) is 274 Å². The molecule has 0 aliphatic carbocycles. The molecule has 1 heterocycles. The maximum absolute atomic E-state index is 13.1. The van der Waals surface area contributed by atoms with E-state index in [0.29, 0.717) is 12.8 Å². The predicted molar refractivity (Wildman–Crippen MR) is 238 cm³/mol. The van der Waals surface area contributed by atoms with E-state index in [-0.39, 0.29) is 12.8 Å². The number of allylic oxidation sites excluding steroid dienone is 2. The minimum absolute atomic E-state index is 0.259. The first kappa shape index (κ1) is 55.9. The summed E-state index contributed by atoms with van der Waals surface area (Å²) in [6.45, 7) is 3.42. The minimum atomic E-state index is -1.66. The second-order valence-electron chi connectivity index (χ2n) is 17.5. The molecule has 11 nitrogen and oxygen atoms in total. The third kappa shape index (κ3) is 28.2. The Balaban J connectivity index is 2.39. The van der Waals surface area contributed by atoms with Crippen LogP contribution in [0.1, 0.15) is 219 Å². The van der Waals surface area contributed by atoms with E-state index in [9.17, 15) is 40.5 Å². The van der Waals surface area contributed by atoms with Crippen molar-refractivity contribution in [3.8, 4) is 0 Å². The zero-order chi connectivity index (χ0) is 43.4. The first-order chi connectivity index (χ1) is 28.7. The average Bonchev–Trinajstić information content (AvgIpc) is 3.23. The van der Waals surface area contributed by atoms with Crippen LogP contribution < -0.4 is 5.32 Å². The van der Waals surface area contributed by atoms with Gasteiger partial charge in [0.1, 0.15) is 36.6 Å². The normalized spacial score (nSPS) is 21.8. The van der Waals surface area contributed by atoms with Gasteiger partial charge in [-0.05, 0) is 38.5 Å². The lowest BCUT2D eigenvalue weighted by atomic mass is 9.98. The van der Waals surface area contributed by atoms with Gasteiger partial charge in [-0.15, -0.1) is 0 Å². The molecule has 0 aromatic rings. The Kier molecular flexibility index (Phi) is 36.5. The van der Waals surface area contributed by atoms with Gasteiger partial charge in [0, 0.05) is 0 Å². The summed E-state index contributed by atoms with van der Waals surface area (Å²) in [5.74, 6) is -0.704. The van der Waals surface area contributed by atoms with Crippen molar-refractivity contribution < 1.29 is 50.0 Å². The highest BCUT2D eigenvalue weighted by molar-refractivity contribution is 5.80. The molecule has 0 aromatic heterocycles. The Hall–Kier alpha value is -1.15. The van der Waals surface area contributed by atoms with Gasteiger partial charge >= 0.3 is 0 Å². The number of amides is 1. The molecule has 11 heteroatoms. The Morgan fingerprint density at radius 1 is 0.576 bits per heavy atom. The quantitative estimate of drug-likeness (QED) is 0.0219. The summed E-state index contributed by atoms with van der Waals surface area (Å²) >= 11 is 0. The van der Waals surface area contributed by atoms with E-state index in [1.165, 1.54) is 141 Å². The van der Waals surface area contributed by atoms with E-state index in [4.69, 9.17) is 9.47 Å². The number of hydrogen-bond acceptors (Lipinski definition) is 10. The fourth-order valence-electron chi connectivity index (χ4n) is 7.97. The molecule has 0 bridgehead atoms. The van der Waals surface area contributed by atoms with Crippen LogP contribution in [0.5, 0.6) is 0 Å². The van der Waals surface area contributed by atoms with E-state index in [1.807, 2.05) is 0 Å². The number of nitrogens with one attached hydrogen (secondary N) is 1. The highest BCUT2D eigenvalue weighted by atomic mass is 16.7. The van der Waals surface area contributed by atoms with E-state index in [2.05, 4.69) is 31.3 Å². The van der Waals surface area contributed by atoms with Gasteiger partial charge in [-0.2, -0.15) is 0 Å². The molecule has 0 spiro atoms. The Morgan fingerprint density at radius 2 is 1.00 bits per heavy atom. The minimum Gasteiger partial charge on any atom is -0.394 e. The van der Waals surface area contributed by atoms with Crippen LogP contribution in [0.25, 0.3) is 0 Å². The molecule has 1 saturated heterocycles.